The third-order valence-corrected chi connectivity index (χ3v) is 4.23. The second-order valence-corrected chi connectivity index (χ2v) is 5.71. The van der Waals surface area contributed by atoms with Crippen LogP contribution in [0.4, 0.5) is 0 Å². The summed E-state index contributed by atoms with van der Waals surface area (Å²) >= 11 is 0. The van der Waals surface area contributed by atoms with Gasteiger partial charge in [-0.1, -0.05) is 12.1 Å². The zero-order valence-electron chi connectivity index (χ0n) is 13.0. The van der Waals surface area contributed by atoms with Crippen molar-refractivity contribution in [2.45, 2.75) is 31.7 Å². The minimum Gasteiger partial charge on any atom is -0.497 e. The number of aromatic nitrogens is 2. The van der Waals surface area contributed by atoms with E-state index < -0.39 is 0 Å². The quantitative estimate of drug-likeness (QED) is 0.941. The van der Waals surface area contributed by atoms with E-state index in [1.807, 2.05) is 42.2 Å². The standard InChI is InChI=1S/C17H21N3O2/c1-20-16-5-3-4-15(14(16)11-18-20)19-17(21)10-12-6-8-13(22-2)9-7-12/h6-9,11,15H,3-5,10H2,1-2H3,(H,19,21)/t15-/m1/s1. The molecule has 5 heteroatoms. The molecule has 0 bridgehead atoms. The third kappa shape index (κ3) is 2.98. The average Bonchev–Trinajstić information content (AvgIpc) is 2.91. The van der Waals surface area contributed by atoms with Crippen LogP contribution in [0, 0.1) is 0 Å². The normalized spacial score (nSPS) is 16.9. The van der Waals surface area contributed by atoms with Gasteiger partial charge in [-0.05, 0) is 37.0 Å². The number of hydrogen-bond donors (Lipinski definition) is 1. The predicted molar refractivity (Wildman–Crippen MR) is 83.7 cm³/mol. The third-order valence-electron chi connectivity index (χ3n) is 4.23. The van der Waals surface area contributed by atoms with Gasteiger partial charge < -0.3 is 10.1 Å². The van der Waals surface area contributed by atoms with Gasteiger partial charge in [0.25, 0.3) is 0 Å². The van der Waals surface area contributed by atoms with Crippen molar-refractivity contribution in [3.8, 4) is 5.75 Å². The van der Waals surface area contributed by atoms with Gasteiger partial charge in [0.05, 0.1) is 25.8 Å². The Morgan fingerprint density at radius 3 is 2.91 bits per heavy atom. The van der Waals surface area contributed by atoms with Crippen LogP contribution in [0.2, 0.25) is 0 Å². The van der Waals surface area contributed by atoms with E-state index in [-0.39, 0.29) is 11.9 Å². The number of hydrogen-bond acceptors (Lipinski definition) is 3. The summed E-state index contributed by atoms with van der Waals surface area (Å²) in [6.45, 7) is 0. The Labute approximate surface area is 130 Å². The molecule has 0 fully saturated rings. The van der Waals surface area contributed by atoms with Crippen LogP contribution in [0.3, 0.4) is 0 Å². The fraction of sp³-hybridized carbons (Fsp3) is 0.412. The summed E-state index contributed by atoms with van der Waals surface area (Å²) < 4.78 is 7.04. The Morgan fingerprint density at radius 2 is 2.18 bits per heavy atom. The Hall–Kier alpha value is -2.30. The van der Waals surface area contributed by atoms with E-state index in [4.69, 9.17) is 4.74 Å². The molecule has 3 rings (SSSR count). The zero-order valence-corrected chi connectivity index (χ0v) is 13.0. The van der Waals surface area contributed by atoms with E-state index >= 15 is 0 Å². The molecule has 1 aliphatic carbocycles. The molecule has 1 atom stereocenters. The largest absolute Gasteiger partial charge is 0.497 e. The van der Waals surface area contributed by atoms with Gasteiger partial charge in [0, 0.05) is 18.3 Å². The lowest BCUT2D eigenvalue weighted by Crippen LogP contribution is -2.32. The van der Waals surface area contributed by atoms with Gasteiger partial charge in [0.1, 0.15) is 5.75 Å². The number of methoxy groups -OCH3 is 1. The molecule has 1 N–H and O–H groups in total. The summed E-state index contributed by atoms with van der Waals surface area (Å²) in [6, 6.07) is 7.69. The molecule has 1 aromatic carbocycles. The highest BCUT2D eigenvalue weighted by Crippen LogP contribution is 2.29. The van der Waals surface area contributed by atoms with Crippen molar-refractivity contribution in [3.05, 3.63) is 47.3 Å². The molecule has 1 aromatic heterocycles. The van der Waals surface area contributed by atoms with Crippen molar-refractivity contribution >= 4 is 5.91 Å². The van der Waals surface area contributed by atoms with Crippen LogP contribution in [0.25, 0.3) is 0 Å². The maximum absolute atomic E-state index is 12.3. The van der Waals surface area contributed by atoms with Crippen molar-refractivity contribution in [2.75, 3.05) is 7.11 Å². The first kappa shape index (κ1) is 14.6. The number of ether oxygens (including phenoxy) is 1. The number of fused-ring (bicyclic) bond motifs is 1. The van der Waals surface area contributed by atoms with Gasteiger partial charge in [0.2, 0.25) is 5.91 Å². The van der Waals surface area contributed by atoms with Crippen LogP contribution in [0.1, 0.15) is 35.7 Å². The number of rotatable bonds is 4. The van der Waals surface area contributed by atoms with Crippen molar-refractivity contribution in [1.29, 1.82) is 0 Å². The van der Waals surface area contributed by atoms with Crippen LogP contribution in [-0.4, -0.2) is 22.8 Å². The van der Waals surface area contributed by atoms with Gasteiger partial charge in [-0.25, -0.2) is 0 Å². The van der Waals surface area contributed by atoms with E-state index in [1.165, 1.54) is 5.69 Å². The van der Waals surface area contributed by atoms with Gasteiger partial charge in [-0.3, -0.25) is 9.48 Å². The number of carbonyl (C=O) groups excluding carboxylic acids is 1. The molecule has 1 heterocycles. The predicted octanol–water partition coefficient (Wildman–Crippen LogP) is 2.17. The minimum absolute atomic E-state index is 0.0480. The maximum atomic E-state index is 12.3. The lowest BCUT2D eigenvalue weighted by Gasteiger charge is -2.23. The molecular formula is C17H21N3O2. The Bertz CT molecular complexity index is 661. The number of benzene rings is 1. The van der Waals surface area contributed by atoms with E-state index in [1.54, 1.807) is 7.11 Å². The fourth-order valence-corrected chi connectivity index (χ4v) is 3.03. The van der Waals surface area contributed by atoms with E-state index in [0.29, 0.717) is 6.42 Å². The molecule has 1 aliphatic rings. The lowest BCUT2D eigenvalue weighted by molar-refractivity contribution is -0.121. The number of carbonyl (C=O) groups is 1. The van der Waals surface area contributed by atoms with Crippen LogP contribution in [0.5, 0.6) is 5.75 Å². The van der Waals surface area contributed by atoms with E-state index in [0.717, 1.165) is 36.1 Å². The van der Waals surface area contributed by atoms with Crippen LogP contribution in [-0.2, 0) is 24.7 Å². The zero-order chi connectivity index (χ0) is 15.5. The summed E-state index contributed by atoms with van der Waals surface area (Å²) in [4.78, 5) is 12.3. The summed E-state index contributed by atoms with van der Waals surface area (Å²) in [7, 11) is 3.59. The smallest absolute Gasteiger partial charge is 0.224 e. The van der Waals surface area contributed by atoms with Gasteiger partial charge >= 0.3 is 0 Å². The second kappa shape index (κ2) is 6.22. The van der Waals surface area contributed by atoms with Gasteiger partial charge in [-0.15, -0.1) is 0 Å². The van der Waals surface area contributed by atoms with Crippen molar-refractivity contribution in [2.24, 2.45) is 7.05 Å². The Balaban J connectivity index is 1.64. The van der Waals surface area contributed by atoms with E-state index in [2.05, 4.69) is 10.4 Å². The first-order valence-corrected chi connectivity index (χ1v) is 7.60. The molecule has 0 radical (unpaired) electrons. The lowest BCUT2D eigenvalue weighted by atomic mass is 9.93. The van der Waals surface area contributed by atoms with Crippen LogP contribution < -0.4 is 10.1 Å². The number of nitrogens with zero attached hydrogens (tertiary/aromatic N) is 2. The fourth-order valence-electron chi connectivity index (χ4n) is 3.03. The number of amides is 1. The molecule has 0 unspecified atom stereocenters. The molecule has 0 saturated heterocycles. The average molecular weight is 299 g/mol. The van der Waals surface area contributed by atoms with Crippen molar-refractivity contribution in [3.63, 3.8) is 0 Å². The Kier molecular flexibility index (Phi) is 4.13. The highest BCUT2D eigenvalue weighted by atomic mass is 16.5. The van der Waals surface area contributed by atoms with Crippen LogP contribution in [0.15, 0.2) is 30.5 Å². The van der Waals surface area contributed by atoms with E-state index in [9.17, 15) is 4.79 Å². The van der Waals surface area contributed by atoms with Crippen LogP contribution >= 0.6 is 0 Å². The summed E-state index contributed by atoms with van der Waals surface area (Å²) in [5.41, 5.74) is 3.39. The summed E-state index contributed by atoms with van der Waals surface area (Å²) in [5, 5.41) is 7.45. The monoisotopic (exact) mass is 299 g/mol. The maximum Gasteiger partial charge on any atom is 0.224 e. The molecule has 116 valence electrons. The highest BCUT2D eigenvalue weighted by molar-refractivity contribution is 5.79. The highest BCUT2D eigenvalue weighted by Gasteiger charge is 2.24. The number of aryl methyl sites for hydroxylation is 1. The molecule has 0 spiro atoms. The Morgan fingerprint density at radius 1 is 1.41 bits per heavy atom. The summed E-state index contributed by atoms with van der Waals surface area (Å²) in [5.74, 6) is 0.850. The van der Waals surface area contributed by atoms with Crippen molar-refractivity contribution in [1.82, 2.24) is 15.1 Å². The molecular weight excluding hydrogens is 278 g/mol. The molecule has 5 nitrogen and oxygen atoms in total. The summed E-state index contributed by atoms with van der Waals surface area (Å²) in [6.07, 6.45) is 5.37. The van der Waals surface area contributed by atoms with Crippen molar-refractivity contribution < 1.29 is 9.53 Å². The first-order valence-electron chi connectivity index (χ1n) is 7.60. The minimum atomic E-state index is 0.0480. The topological polar surface area (TPSA) is 56.1 Å². The number of nitrogens with one attached hydrogen (secondary N) is 1. The molecule has 0 aliphatic heterocycles. The molecule has 1 amide bonds. The molecule has 0 saturated carbocycles. The first-order chi connectivity index (χ1) is 10.7. The molecule has 22 heavy (non-hydrogen) atoms. The van der Waals surface area contributed by atoms with Gasteiger partial charge in [-0.2, -0.15) is 5.10 Å². The molecule has 2 aromatic rings. The second-order valence-electron chi connectivity index (χ2n) is 5.71. The SMILES string of the molecule is COc1ccc(CC(=O)N[C@@H]2CCCc3c2cnn3C)cc1. The van der Waals surface area contributed by atoms with Gasteiger partial charge in [0.15, 0.2) is 0 Å².